The maximum absolute atomic E-state index is 12.0. The highest BCUT2D eigenvalue weighted by molar-refractivity contribution is 6.13. The van der Waals surface area contributed by atoms with E-state index < -0.39 is 30.1 Å². The van der Waals surface area contributed by atoms with Crippen LogP contribution in [0, 0.1) is 0 Å². The van der Waals surface area contributed by atoms with E-state index in [0.29, 0.717) is 32.5 Å². The molecule has 0 aromatic carbocycles. The molecule has 0 saturated heterocycles. The highest BCUT2D eigenvalue weighted by atomic mass is 16.6. The highest BCUT2D eigenvalue weighted by Crippen LogP contribution is 2.06. The van der Waals surface area contributed by atoms with Crippen molar-refractivity contribution in [1.29, 1.82) is 0 Å². The molecule has 1 aliphatic rings. The maximum Gasteiger partial charge on any atom is 0.407 e. The predicted octanol–water partition coefficient (Wildman–Crippen LogP) is 0.425. The summed E-state index contributed by atoms with van der Waals surface area (Å²) in [5, 5.41) is 7.68. The number of hydrogen-bond acceptors (Lipinski definition) is 9. The SMILES string of the molecule is CCNC(=O)OCC(COC(=O)NCC)OCCCC(=O)NCCCC(=O)CCN1C(=O)C=CC1=O. The van der Waals surface area contributed by atoms with E-state index in [9.17, 15) is 28.8 Å². The molecule has 13 nitrogen and oxygen atoms in total. The number of ether oxygens (including phenoxy) is 3. The minimum absolute atomic E-state index is 0.0550. The lowest BCUT2D eigenvalue weighted by Crippen LogP contribution is -2.34. The molecule has 36 heavy (non-hydrogen) atoms. The van der Waals surface area contributed by atoms with Crippen molar-refractivity contribution in [2.24, 2.45) is 0 Å². The lowest BCUT2D eigenvalue weighted by molar-refractivity contribution is -0.137. The summed E-state index contributed by atoms with van der Waals surface area (Å²) < 4.78 is 15.6. The fourth-order valence-electron chi connectivity index (χ4n) is 2.97. The van der Waals surface area contributed by atoms with Crippen LogP contribution >= 0.6 is 0 Å². The first-order valence-electron chi connectivity index (χ1n) is 12.0. The Morgan fingerprint density at radius 2 is 1.42 bits per heavy atom. The Morgan fingerprint density at radius 3 is 1.97 bits per heavy atom. The van der Waals surface area contributed by atoms with Crippen molar-refractivity contribution in [3.05, 3.63) is 12.2 Å². The number of amides is 5. The topological polar surface area (TPSA) is 169 Å². The van der Waals surface area contributed by atoms with Crippen LogP contribution in [-0.2, 0) is 33.4 Å². The van der Waals surface area contributed by atoms with Gasteiger partial charge in [0.05, 0.1) is 0 Å². The van der Waals surface area contributed by atoms with E-state index in [1.807, 2.05) is 0 Å². The van der Waals surface area contributed by atoms with Gasteiger partial charge in [-0.3, -0.25) is 24.1 Å². The minimum Gasteiger partial charge on any atom is -0.447 e. The Bertz CT molecular complexity index is 760. The standard InChI is InChI=1S/C23H36N4O9/c1-3-24-22(32)35-15-18(16-36-23(33)25-4-2)34-14-6-8-19(29)26-12-5-7-17(28)11-13-27-20(30)9-10-21(27)31/h9-10,18H,3-8,11-16H2,1-2H3,(H,24,32)(H,25,33)(H,26,29). The lowest BCUT2D eigenvalue weighted by Gasteiger charge is -2.18. The third kappa shape index (κ3) is 13.4. The molecule has 0 atom stereocenters. The van der Waals surface area contributed by atoms with Gasteiger partial charge in [0, 0.05) is 64.2 Å². The summed E-state index contributed by atoms with van der Waals surface area (Å²) in [7, 11) is 0. The molecule has 1 aliphatic heterocycles. The van der Waals surface area contributed by atoms with Gasteiger partial charge < -0.3 is 30.2 Å². The van der Waals surface area contributed by atoms with Gasteiger partial charge in [0.2, 0.25) is 5.91 Å². The molecule has 0 saturated carbocycles. The summed E-state index contributed by atoms with van der Waals surface area (Å²) in [6.45, 7) is 4.60. The van der Waals surface area contributed by atoms with Gasteiger partial charge in [-0.15, -0.1) is 0 Å². The van der Waals surface area contributed by atoms with Crippen molar-refractivity contribution in [3.63, 3.8) is 0 Å². The molecule has 5 amide bonds. The van der Waals surface area contributed by atoms with Gasteiger partial charge in [0.25, 0.3) is 11.8 Å². The molecule has 0 unspecified atom stereocenters. The zero-order valence-electron chi connectivity index (χ0n) is 20.8. The van der Waals surface area contributed by atoms with E-state index in [0.717, 1.165) is 4.90 Å². The molecular weight excluding hydrogens is 476 g/mol. The van der Waals surface area contributed by atoms with E-state index in [1.54, 1.807) is 13.8 Å². The summed E-state index contributed by atoms with van der Waals surface area (Å²) in [6.07, 6.45) is 1.75. The molecule has 0 bridgehead atoms. The van der Waals surface area contributed by atoms with Crippen LogP contribution in [0.1, 0.15) is 46.0 Å². The molecule has 3 N–H and O–H groups in total. The van der Waals surface area contributed by atoms with Gasteiger partial charge in [-0.2, -0.15) is 0 Å². The van der Waals surface area contributed by atoms with Crippen molar-refractivity contribution < 1.29 is 43.0 Å². The lowest BCUT2D eigenvalue weighted by atomic mass is 10.1. The molecule has 202 valence electrons. The number of alkyl carbamates (subject to hydrolysis) is 2. The summed E-state index contributed by atoms with van der Waals surface area (Å²) >= 11 is 0. The van der Waals surface area contributed by atoms with Gasteiger partial charge in [0.1, 0.15) is 25.1 Å². The van der Waals surface area contributed by atoms with E-state index in [2.05, 4.69) is 16.0 Å². The number of rotatable bonds is 18. The Morgan fingerprint density at radius 1 is 0.833 bits per heavy atom. The number of carbonyl (C=O) groups is 6. The second kappa shape index (κ2) is 17.9. The average molecular weight is 513 g/mol. The van der Waals surface area contributed by atoms with Crippen LogP contribution < -0.4 is 16.0 Å². The number of Topliss-reactive ketones (excluding diaryl/α,β-unsaturated/α-hetero) is 1. The normalized spacial score (nSPS) is 12.6. The molecule has 1 heterocycles. The first-order chi connectivity index (χ1) is 17.3. The van der Waals surface area contributed by atoms with Gasteiger partial charge >= 0.3 is 12.2 Å². The number of hydrogen-bond donors (Lipinski definition) is 3. The average Bonchev–Trinajstić information content (AvgIpc) is 3.16. The molecule has 13 heteroatoms. The van der Waals surface area contributed by atoms with Crippen molar-refractivity contribution in [3.8, 4) is 0 Å². The monoisotopic (exact) mass is 512 g/mol. The number of carbonyl (C=O) groups excluding carboxylic acids is 6. The summed E-state index contributed by atoms with van der Waals surface area (Å²) in [6, 6.07) is 0. The van der Waals surface area contributed by atoms with Gasteiger partial charge in [-0.1, -0.05) is 0 Å². The van der Waals surface area contributed by atoms with Crippen molar-refractivity contribution in [1.82, 2.24) is 20.9 Å². The molecule has 0 aromatic rings. The highest BCUT2D eigenvalue weighted by Gasteiger charge is 2.23. The van der Waals surface area contributed by atoms with Crippen molar-refractivity contribution >= 4 is 35.7 Å². The zero-order valence-corrected chi connectivity index (χ0v) is 20.8. The van der Waals surface area contributed by atoms with Gasteiger partial charge in [-0.05, 0) is 26.7 Å². The largest absolute Gasteiger partial charge is 0.447 e. The summed E-state index contributed by atoms with van der Waals surface area (Å²) in [5.41, 5.74) is 0. The van der Waals surface area contributed by atoms with Crippen LogP contribution in [0.25, 0.3) is 0 Å². The Hall–Kier alpha value is -3.48. The van der Waals surface area contributed by atoms with Crippen LogP contribution in [-0.4, -0.2) is 92.7 Å². The van der Waals surface area contributed by atoms with Crippen LogP contribution in [0.5, 0.6) is 0 Å². The van der Waals surface area contributed by atoms with E-state index >= 15 is 0 Å². The molecule has 0 radical (unpaired) electrons. The molecule has 1 rings (SSSR count). The summed E-state index contributed by atoms with van der Waals surface area (Å²) in [4.78, 5) is 70.8. The third-order valence-corrected chi connectivity index (χ3v) is 4.81. The number of nitrogens with one attached hydrogen (secondary N) is 3. The van der Waals surface area contributed by atoms with Crippen molar-refractivity contribution in [2.75, 3.05) is 46.0 Å². The fraction of sp³-hybridized carbons (Fsp3) is 0.652. The van der Waals surface area contributed by atoms with E-state index in [1.165, 1.54) is 12.2 Å². The first-order valence-corrected chi connectivity index (χ1v) is 12.0. The first kappa shape index (κ1) is 30.6. The van der Waals surface area contributed by atoms with Gasteiger partial charge in [0.15, 0.2) is 0 Å². The zero-order chi connectivity index (χ0) is 26.8. The fourth-order valence-corrected chi connectivity index (χ4v) is 2.97. The van der Waals surface area contributed by atoms with Gasteiger partial charge in [-0.25, -0.2) is 9.59 Å². The quantitative estimate of drug-likeness (QED) is 0.174. The van der Waals surface area contributed by atoms with Crippen LogP contribution in [0.4, 0.5) is 9.59 Å². The predicted molar refractivity (Wildman–Crippen MR) is 127 cm³/mol. The number of ketones is 1. The third-order valence-electron chi connectivity index (χ3n) is 4.81. The Kier molecular flexibility index (Phi) is 15.2. The molecule has 0 aliphatic carbocycles. The smallest absolute Gasteiger partial charge is 0.407 e. The maximum atomic E-state index is 12.0. The Labute approximate surface area is 210 Å². The second-order valence-corrected chi connectivity index (χ2v) is 7.76. The number of nitrogens with zero attached hydrogens (tertiary/aromatic N) is 1. The summed E-state index contributed by atoms with van der Waals surface area (Å²) in [5.74, 6) is -1.14. The van der Waals surface area contributed by atoms with Crippen LogP contribution in [0.15, 0.2) is 12.2 Å². The van der Waals surface area contributed by atoms with Crippen LogP contribution in [0.3, 0.4) is 0 Å². The molecular formula is C23H36N4O9. The molecule has 0 aromatic heterocycles. The second-order valence-electron chi connectivity index (χ2n) is 7.76. The van der Waals surface area contributed by atoms with Crippen molar-refractivity contribution in [2.45, 2.75) is 52.1 Å². The molecule has 0 fully saturated rings. The van der Waals surface area contributed by atoms with Crippen LogP contribution in [0.2, 0.25) is 0 Å². The number of imide groups is 1. The van der Waals surface area contributed by atoms with E-state index in [-0.39, 0.29) is 57.3 Å². The van der Waals surface area contributed by atoms with E-state index in [4.69, 9.17) is 14.2 Å². The minimum atomic E-state index is -0.689. The Balaban J connectivity index is 2.19. The molecule has 0 spiro atoms.